The summed E-state index contributed by atoms with van der Waals surface area (Å²) < 4.78 is 0. The predicted molar refractivity (Wildman–Crippen MR) is 82.0 cm³/mol. The van der Waals surface area contributed by atoms with Crippen molar-refractivity contribution in [2.45, 2.75) is 45.7 Å². The summed E-state index contributed by atoms with van der Waals surface area (Å²) in [6.07, 6.45) is 2.80. The van der Waals surface area contributed by atoms with E-state index in [0.29, 0.717) is 6.04 Å². The van der Waals surface area contributed by atoms with Crippen molar-refractivity contribution in [2.75, 3.05) is 13.6 Å². The summed E-state index contributed by atoms with van der Waals surface area (Å²) >= 11 is 0. The summed E-state index contributed by atoms with van der Waals surface area (Å²) in [6, 6.07) is 11.2. The van der Waals surface area contributed by atoms with Crippen LogP contribution in [-0.2, 0) is 0 Å². The van der Waals surface area contributed by atoms with E-state index >= 15 is 0 Å². The van der Waals surface area contributed by atoms with Gasteiger partial charge in [0.1, 0.15) is 0 Å². The molecule has 1 aromatic carbocycles. The Morgan fingerprint density at radius 3 is 2.37 bits per heavy atom. The number of hydrogen-bond acceptors (Lipinski definition) is 2. The Balaban J connectivity index is 2.00. The van der Waals surface area contributed by atoms with Gasteiger partial charge < -0.3 is 10.6 Å². The maximum absolute atomic E-state index is 6.49. The number of nitrogens with zero attached hydrogens (tertiary/aromatic N) is 1. The van der Waals surface area contributed by atoms with Crippen LogP contribution in [0.25, 0.3) is 0 Å². The Hall–Kier alpha value is -0.860. The van der Waals surface area contributed by atoms with Crippen LogP contribution in [0.4, 0.5) is 0 Å². The molecule has 0 saturated heterocycles. The van der Waals surface area contributed by atoms with Gasteiger partial charge in [0, 0.05) is 18.6 Å². The molecule has 2 unspecified atom stereocenters. The molecule has 1 aromatic rings. The van der Waals surface area contributed by atoms with Crippen molar-refractivity contribution in [3.63, 3.8) is 0 Å². The number of nitrogens with two attached hydrogens (primary N) is 1. The lowest BCUT2D eigenvalue weighted by molar-refractivity contribution is 0.134. The van der Waals surface area contributed by atoms with Crippen molar-refractivity contribution >= 4 is 0 Å². The third-order valence-electron chi connectivity index (χ3n) is 4.66. The summed E-state index contributed by atoms with van der Waals surface area (Å²) in [5.41, 5.74) is 7.80. The lowest BCUT2D eigenvalue weighted by Crippen LogP contribution is -2.43. The summed E-state index contributed by atoms with van der Waals surface area (Å²) in [5.74, 6) is 0.911. The van der Waals surface area contributed by atoms with Crippen LogP contribution in [0.5, 0.6) is 0 Å². The third-order valence-corrected chi connectivity index (χ3v) is 4.66. The predicted octanol–water partition coefficient (Wildman–Crippen LogP) is 3.44. The molecule has 0 aromatic heterocycles. The van der Waals surface area contributed by atoms with Crippen LogP contribution in [0.1, 0.15) is 45.2 Å². The van der Waals surface area contributed by atoms with E-state index in [1.54, 1.807) is 0 Å². The van der Waals surface area contributed by atoms with Crippen LogP contribution < -0.4 is 5.73 Å². The molecule has 0 spiro atoms. The van der Waals surface area contributed by atoms with Crippen LogP contribution in [0.15, 0.2) is 30.3 Å². The zero-order valence-corrected chi connectivity index (χ0v) is 12.8. The van der Waals surface area contributed by atoms with E-state index in [0.717, 1.165) is 12.5 Å². The first-order valence-electron chi connectivity index (χ1n) is 7.42. The van der Waals surface area contributed by atoms with E-state index < -0.39 is 0 Å². The fraction of sp³-hybridized carbons (Fsp3) is 0.647. The highest BCUT2D eigenvalue weighted by Crippen LogP contribution is 2.37. The molecule has 1 fully saturated rings. The Morgan fingerprint density at radius 1 is 1.26 bits per heavy atom. The molecule has 0 heterocycles. The van der Waals surface area contributed by atoms with Gasteiger partial charge in [-0.3, -0.25) is 0 Å². The van der Waals surface area contributed by atoms with Crippen molar-refractivity contribution in [1.82, 2.24) is 4.90 Å². The quantitative estimate of drug-likeness (QED) is 0.849. The van der Waals surface area contributed by atoms with Gasteiger partial charge in [-0.05, 0) is 43.7 Å². The van der Waals surface area contributed by atoms with Gasteiger partial charge in [0.2, 0.25) is 0 Å². The molecular weight excluding hydrogens is 232 g/mol. The van der Waals surface area contributed by atoms with Gasteiger partial charge in [-0.2, -0.15) is 0 Å². The second kappa shape index (κ2) is 5.64. The molecule has 106 valence electrons. The molecule has 0 bridgehead atoms. The molecule has 2 nitrogen and oxygen atoms in total. The van der Waals surface area contributed by atoms with E-state index in [9.17, 15) is 0 Å². The second-order valence-electron chi connectivity index (χ2n) is 6.87. The molecule has 19 heavy (non-hydrogen) atoms. The molecule has 2 rings (SSSR count). The zero-order valence-electron chi connectivity index (χ0n) is 12.8. The molecule has 2 N–H and O–H groups in total. The molecular formula is C17H28N2. The average molecular weight is 260 g/mol. The van der Waals surface area contributed by atoms with Crippen molar-refractivity contribution in [1.29, 1.82) is 0 Å². The minimum atomic E-state index is 0.0826. The van der Waals surface area contributed by atoms with Gasteiger partial charge >= 0.3 is 0 Å². The highest BCUT2D eigenvalue weighted by atomic mass is 15.1. The SMILES string of the molecule is CC(C1CC1)N(C)CC(C)(C)C(N)c1ccccc1. The molecule has 0 amide bonds. The van der Waals surface area contributed by atoms with Gasteiger partial charge in [0.15, 0.2) is 0 Å². The zero-order chi connectivity index (χ0) is 14.0. The maximum Gasteiger partial charge on any atom is 0.0359 e. The second-order valence-corrected chi connectivity index (χ2v) is 6.87. The van der Waals surface area contributed by atoms with E-state index in [4.69, 9.17) is 5.73 Å². The summed E-state index contributed by atoms with van der Waals surface area (Å²) in [4.78, 5) is 2.49. The lowest BCUT2D eigenvalue weighted by Gasteiger charge is -2.38. The fourth-order valence-corrected chi connectivity index (χ4v) is 2.94. The standard InChI is InChI=1S/C17H28N2/c1-13(14-10-11-14)19(4)12-17(2,3)16(18)15-8-6-5-7-9-15/h5-9,13-14,16H,10-12,18H2,1-4H3. The fourth-order valence-electron chi connectivity index (χ4n) is 2.94. The number of hydrogen-bond donors (Lipinski definition) is 1. The third kappa shape index (κ3) is 3.58. The first-order chi connectivity index (χ1) is 8.92. The van der Waals surface area contributed by atoms with Gasteiger partial charge in [-0.15, -0.1) is 0 Å². The lowest BCUT2D eigenvalue weighted by atomic mass is 9.80. The Bertz CT molecular complexity index is 395. The molecule has 2 heteroatoms. The molecule has 2 atom stereocenters. The monoisotopic (exact) mass is 260 g/mol. The van der Waals surface area contributed by atoms with Crippen LogP contribution in [-0.4, -0.2) is 24.5 Å². The smallest absolute Gasteiger partial charge is 0.0359 e. The highest BCUT2D eigenvalue weighted by Gasteiger charge is 2.35. The number of benzene rings is 1. The first-order valence-corrected chi connectivity index (χ1v) is 7.42. The summed E-state index contributed by atoms with van der Waals surface area (Å²) in [6.45, 7) is 7.95. The van der Waals surface area contributed by atoms with Crippen molar-refractivity contribution in [2.24, 2.45) is 17.1 Å². The summed E-state index contributed by atoms with van der Waals surface area (Å²) in [7, 11) is 2.24. The molecule has 1 aliphatic rings. The van der Waals surface area contributed by atoms with Crippen LogP contribution in [0.3, 0.4) is 0 Å². The highest BCUT2D eigenvalue weighted by molar-refractivity contribution is 5.20. The van der Waals surface area contributed by atoms with Gasteiger partial charge in [-0.25, -0.2) is 0 Å². The normalized spacial score (nSPS) is 19.5. The van der Waals surface area contributed by atoms with Crippen LogP contribution in [0, 0.1) is 11.3 Å². The van der Waals surface area contributed by atoms with Gasteiger partial charge in [0.25, 0.3) is 0 Å². The minimum Gasteiger partial charge on any atom is -0.323 e. The Kier molecular flexibility index (Phi) is 4.32. The molecule has 1 aliphatic carbocycles. The first kappa shape index (κ1) is 14.5. The van der Waals surface area contributed by atoms with Crippen LogP contribution in [0.2, 0.25) is 0 Å². The molecule has 0 radical (unpaired) electrons. The van der Waals surface area contributed by atoms with Crippen molar-refractivity contribution in [3.8, 4) is 0 Å². The average Bonchev–Trinajstić information content (AvgIpc) is 3.21. The van der Waals surface area contributed by atoms with Gasteiger partial charge in [0.05, 0.1) is 0 Å². The largest absolute Gasteiger partial charge is 0.323 e. The topological polar surface area (TPSA) is 29.3 Å². The molecule has 0 aliphatic heterocycles. The van der Waals surface area contributed by atoms with E-state index in [2.05, 4.69) is 57.0 Å². The van der Waals surface area contributed by atoms with Crippen molar-refractivity contribution < 1.29 is 0 Å². The minimum absolute atomic E-state index is 0.0826. The van der Waals surface area contributed by atoms with E-state index in [1.165, 1.54) is 18.4 Å². The molecule has 1 saturated carbocycles. The van der Waals surface area contributed by atoms with Crippen LogP contribution >= 0.6 is 0 Å². The van der Waals surface area contributed by atoms with E-state index in [-0.39, 0.29) is 11.5 Å². The maximum atomic E-state index is 6.49. The number of rotatable bonds is 6. The van der Waals surface area contributed by atoms with Gasteiger partial charge in [-0.1, -0.05) is 44.2 Å². The Morgan fingerprint density at radius 2 is 1.84 bits per heavy atom. The van der Waals surface area contributed by atoms with E-state index in [1.807, 2.05) is 6.07 Å². The Labute approximate surface area is 118 Å². The summed E-state index contributed by atoms with van der Waals surface area (Å²) in [5, 5.41) is 0. The van der Waals surface area contributed by atoms with Crippen molar-refractivity contribution in [3.05, 3.63) is 35.9 Å².